The maximum absolute atomic E-state index is 6.68. The van der Waals surface area contributed by atoms with Crippen LogP contribution in [-0.2, 0) is 6.42 Å². The molecule has 2 aliphatic rings. The zero-order chi connectivity index (χ0) is 23.3. The van der Waals surface area contributed by atoms with E-state index in [4.69, 9.17) is 27.1 Å². The monoisotopic (exact) mass is 494 g/mol. The Morgan fingerprint density at radius 3 is 2.82 bits per heavy atom. The van der Waals surface area contributed by atoms with Crippen LogP contribution in [0.4, 0.5) is 5.95 Å². The molecule has 9 nitrogen and oxygen atoms in total. The van der Waals surface area contributed by atoms with Crippen molar-refractivity contribution in [3.05, 3.63) is 53.1 Å². The average molecular weight is 495 g/mol. The third-order valence-electron chi connectivity index (χ3n) is 6.90. The lowest BCUT2D eigenvalue weighted by Crippen LogP contribution is -2.44. The molecule has 0 aromatic carbocycles. The molecule has 0 amide bonds. The van der Waals surface area contributed by atoms with Gasteiger partial charge in [0.2, 0.25) is 11.8 Å². The number of nitrogens with zero attached hydrogens (tertiary/aromatic N) is 6. The molecule has 1 spiro atoms. The number of fused-ring (bicyclic) bond motifs is 2. The number of aromatic amines is 1. The van der Waals surface area contributed by atoms with Gasteiger partial charge in [-0.05, 0) is 42.4 Å². The van der Waals surface area contributed by atoms with E-state index in [9.17, 15) is 0 Å². The molecular formula is C23H23ClN8OS. The maximum atomic E-state index is 6.68. The van der Waals surface area contributed by atoms with E-state index < -0.39 is 0 Å². The van der Waals surface area contributed by atoms with Crippen molar-refractivity contribution in [1.29, 1.82) is 0 Å². The van der Waals surface area contributed by atoms with Crippen LogP contribution in [-0.4, -0.2) is 50.1 Å². The second-order valence-electron chi connectivity index (χ2n) is 8.72. The van der Waals surface area contributed by atoms with Crippen molar-refractivity contribution in [2.24, 2.45) is 11.1 Å². The molecule has 4 aromatic heterocycles. The van der Waals surface area contributed by atoms with E-state index >= 15 is 0 Å². The van der Waals surface area contributed by atoms with Gasteiger partial charge in [-0.3, -0.25) is 4.98 Å². The molecule has 0 saturated carbocycles. The minimum Gasteiger partial charge on any atom is -0.480 e. The fraction of sp³-hybridized carbons (Fsp3) is 0.348. The molecule has 11 heteroatoms. The number of pyridine rings is 2. The van der Waals surface area contributed by atoms with E-state index in [0.717, 1.165) is 48.9 Å². The number of hydrogen-bond acceptors (Lipinski definition) is 9. The van der Waals surface area contributed by atoms with Gasteiger partial charge in [0.1, 0.15) is 10.0 Å². The molecule has 3 N–H and O–H groups in total. The average Bonchev–Trinajstić information content (AvgIpc) is 3.40. The number of aromatic nitrogens is 6. The second kappa shape index (κ2) is 8.37. The molecule has 1 saturated heterocycles. The first-order chi connectivity index (χ1) is 16.6. The van der Waals surface area contributed by atoms with E-state index in [-0.39, 0.29) is 11.5 Å². The first-order valence-electron chi connectivity index (χ1n) is 11.1. The lowest BCUT2D eigenvalue weighted by atomic mass is 9.73. The number of methoxy groups -OCH3 is 1. The van der Waals surface area contributed by atoms with Crippen molar-refractivity contribution in [2.75, 3.05) is 25.1 Å². The third-order valence-corrected chi connectivity index (χ3v) is 8.35. The minimum atomic E-state index is 0.0376. The molecule has 6 rings (SSSR count). The zero-order valence-corrected chi connectivity index (χ0v) is 20.1. The van der Waals surface area contributed by atoms with Gasteiger partial charge in [-0.1, -0.05) is 29.4 Å². The predicted molar refractivity (Wildman–Crippen MR) is 130 cm³/mol. The first kappa shape index (κ1) is 21.6. The summed E-state index contributed by atoms with van der Waals surface area (Å²) in [5.41, 5.74) is 10.3. The number of H-pyrrole nitrogens is 1. The van der Waals surface area contributed by atoms with Gasteiger partial charge in [-0.25, -0.2) is 15.0 Å². The van der Waals surface area contributed by atoms with Gasteiger partial charge in [-0.2, -0.15) is 4.98 Å². The molecule has 5 heterocycles. The van der Waals surface area contributed by atoms with E-state index in [2.05, 4.69) is 35.9 Å². The maximum Gasteiger partial charge on any atom is 0.233 e. The van der Waals surface area contributed by atoms with Gasteiger partial charge < -0.3 is 20.4 Å². The fourth-order valence-electron chi connectivity index (χ4n) is 5.01. The number of halogens is 1. The van der Waals surface area contributed by atoms with Crippen LogP contribution in [0.2, 0.25) is 5.02 Å². The van der Waals surface area contributed by atoms with Crippen LogP contribution in [0.25, 0.3) is 11.3 Å². The van der Waals surface area contributed by atoms with E-state index in [0.29, 0.717) is 27.2 Å². The highest BCUT2D eigenvalue weighted by atomic mass is 35.5. The zero-order valence-electron chi connectivity index (χ0n) is 18.5. The summed E-state index contributed by atoms with van der Waals surface area (Å²) < 4.78 is 5.20. The Labute approximate surface area is 205 Å². The summed E-state index contributed by atoms with van der Waals surface area (Å²) in [6, 6.07) is 5.96. The topological polar surface area (TPSA) is 119 Å². The highest BCUT2D eigenvalue weighted by molar-refractivity contribution is 7.99. The molecule has 1 fully saturated rings. The van der Waals surface area contributed by atoms with Crippen molar-refractivity contribution < 1.29 is 4.74 Å². The number of rotatable bonds is 4. The van der Waals surface area contributed by atoms with Crippen LogP contribution in [0.1, 0.15) is 30.1 Å². The van der Waals surface area contributed by atoms with Crippen LogP contribution in [0.3, 0.4) is 0 Å². The minimum absolute atomic E-state index is 0.0376. The highest BCUT2D eigenvalue weighted by Gasteiger charge is 2.46. The lowest BCUT2D eigenvalue weighted by Gasteiger charge is -2.41. The quantitative estimate of drug-likeness (QED) is 0.436. The van der Waals surface area contributed by atoms with E-state index in [1.54, 1.807) is 19.5 Å². The van der Waals surface area contributed by atoms with E-state index in [1.165, 1.54) is 17.3 Å². The summed E-state index contributed by atoms with van der Waals surface area (Å²) in [6.07, 6.45) is 8.16. The Bertz CT molecular complexity index is 1370. The summed E-state index contributed by atoms with van der Waals surface area (Å²) >= 11 is 7.77. The number of nitrogens with two attached hydrogens (primary N) is 1. The number of piperidine rings is 1. The summed E-state index contributed by atoms with van der Waals surface area (Å²) in [5.74, 6) is 1.17. The normalized spacial score (nSPS) is 19.0. The molecule has 0 radical (unpaired) electrons. The molecule has 4 aromatic rings. The molecule has 0 bridgehead atoms. The van der Waals surface area contributed by atoms with Crippen LogP contribution in [0.15, 0.2) is 46.7 Å². The van der Waals surface area contributed by atoms with Crippen LogP contribution < -0.4 is 15.4 Å². The first-order valence-corrected chi connectivity index (χ1v) is 12.3. The Kier molecular flexibility index (Phi) is 5.31. The van der Waals surface area contributed by atoms with Crippen LogP contribution in [0, 0.1) is 5.41 Å². The van der Waals surface area contributed by atoms with Gasteiger partial charge in [-0.15, -0.1) is 0 Å². The highest BCUT2D eigenvalue weighted by Crippen LogP contribution is 2.50. The Hall–Kier alpha value is -2.95. The molecule has 0 unspecified atom stereocenters. The van der Waals surface area contributed by atoms with E-state index in [1.807, 2.05) is 18.3 Å². The molecule has 1 atom stereocenters. The number of nitrogens with one attached hydrogen (secondary N) is 1. The SMILES string of the molecule is COc1nccc(Sc2cnc3[nH]c(N4CCC5(CC4)Cc4ncccc4[C@H]5N)nc3n2)c1Cl. The van der Waals surface area contributed by atoms with Crippen molar-refractivity contribution in [3.63, 3.8) is 0 Å². The van der Waals surface area contributed by atoms with Gasteiger partial charge in [0.25, 0.3) is 0 Å². The lowest BCUT2D eigenvalue weighted by molar-refractivity contribution is 0.186. The predicted octanol–water partition coefficient (Wildman–Crippen LogP) is 3.80. The van der Waals surface area contributed by atoms with Crippen molar-refractivity contribution in [3.8, 4) is 5.88 Å². The molecule has 1 aliphatic carbocycles. The molecular weight excluding hydrogens is 472 g/mol. The summed E-state index contributed by atoms with van der Waals surface area (Å²) in [6.45, 7) is 1.74. The number of imidazole rings is 1. The number of anilines is 1. The largest absolute Gasteiger partial charge is 0.480 e. The number of hydrogen-bond donors (Lipinski definition) is 2. The standard InChI is InChI=1S/C23H23ClN8OS/c1-33-21-17(24)15(4-8-27-21)34-16-12-28-19-20(29-16)31-22(30-19)32-9-5-23(6-10-32)11-14-13(18(23)25)3-2-7-26-14/h2-4,7-8,12,18H,5-6,9-11,25H2,1H3,(H,28,29,30,31)/t18-/m1/s1. The van der Waals surface area contributed by atoms with Gasteiger partial charge in [0.15, 0.2) is 11.3 Å². The van der Waals surface area contributed by atoms with Gasteiger partial charge >= 0.3 is 0 Å². The van der Waals surface area contributed by atoms with Crippen LogP contribution in [0.5, 0.6) is 5.88 Å². The summed E-state index contributed by atoms with van der Waals surface area (Å²) in [5, 5.41) is 1.14. The Morgan fingerprint density at radius 2 is 2.03 bits per heavy atom. The molecule has 174 valence electrons. The van der Waals surface area contributed by atoms with Gasteiger partial charge in [0.05, 0.1) is 13.3 Å². The van der Waals surface area contributed by atoms with Crippen LogP contribution >= 0.6 is 23.4 Å². The Morgan fingerprint density at radius 1 is 1.18 bits per heavy atom. The third kappa shape index (κ3) is 3.57. The summed E-state index contributed by atoms with van der Waals surface area (Å²) in [4.78, 5) is 29.0. The van der Waals surface area contributed by atoms with Crippen molar-refractivity contribution in [1.82, 2.24) is 29.9 Å². The van der Waals surface area contributed by atoms with Crippen molar-refractivity contribution >= 4 is 40.6 Å². The van der Waals surface area contributed by atoms with Gasteiger partial charge in [0, 0.05) is 42.1 Å². The van der Waals surface area contributed by atoms with Crippen molar-refractivity contribution in [2.45, 2.75) is 35.2 Å². The number of ether oxygens (including phenoxy) is 1. The Balaban J connectivity index is 1.19. The fourth-order valence-corrected chi connectivity index (χ4v) is 6.08. The summed E-state index contributed by atoms with van der Waals surface area (Å²) in [7, 11) is 1.54. The molecule has 34 heavy (non-hydrogen) atoms. The smallest absolute Gasteiger partial charge is 0.233 e. The molecule has 1 aliphatic heterocycles. The second-order valence-corrected chi connectivity index (χ2v) is 10.2.